The molecule has 3 heterocycles. The van der Waals surface area contributed by atoms with E-state index < -0.39 is 0 Å². The van der Waals surface area contributed by atoms with Crippen LogP contribution < -0.4 is 0 Å². The van der Waals surface area contributed by atoms with Crippen LogP contribution in [0.5, 0.6) is 0 Å². The molecule has 0 aliphatic carbocycles. The van der Waals surface area contributed by atoms with E-state index in [1.54, 1.807) is 11.3 Å². The van der Waals surface area contributed by atoms with Crippen molar-refractivity contribution < 1.29 is 0 Å². The minimum Gasteiger partial charge on any atom is -0.297 e. The van der Waals surface area contributed by atoms with E-state index in [1.807, 2.05) is 0 Å². The molecule has 1 aliphatic heterocycles. The number of rotatable bonds is 5. The standard InChI is InChI=1S/C20H24N4S/c1-17-3-2-4-18(13-17)14-22-8-10-23(11-9-22)16-24-7-5-20(21-24)19-6-12-25-15-19/h2-7,12-13,15H,8-11,14,16H2,1H3. The number of thiophene rings is 1. The maximum atomic E-state index is 4.71. The second-order valence-corrected chi connectivity index (χ2v) is 7.56. The van der Waals surface area contributed by atoms with Gasteiger partial charge in [-0.3, -0.25) is 14.5 Å². The molecule has 0 N–H and O–H groups in total. The van der Waals surface area contributed by atoms with Crippen molar-refractivity contribution in [2.24, 2.45) is 0 Å². The molecule has 0 bridgehead atoms. The average molecular weight is 353 g/mol. The molecule has 0 unspecified atom stereocenters. The lowest BCUT2D eigenvalue weighted by Crippen LogP contribution is -2.46. The van der Waals surface area contributed by atoms with Gasteiger partial charge in [-0.15, -0.1) is 0 Å². The summed E-state index contributed by atoms with van der Waals surface area (Å²) in [5, 5.41) is 8.96. The first-order valence-electron chi connectivity index (χ1n) is 8.82. The largest absolute Gasteiger partial charge is 0.297 e. The lowest BCUT2D eigenvalue weighted by Gasteiger charge is -2.34. The smallest absolute Gasteiger partial charge is 0.0932 e. The fraction of sp³-hybridized carbons (Fsp3) is 0.350. The molecule has 0 amide bonds. The number of benzene rings is 1. The van der Waals surface area contributed by atoms with Gasteiger partial charge in [0.05, 0.1) is 12.4 Å². The van der Waals surface area contributed by atoms with E-state index >= 15 is 0 Å². The van der Waals surface area contributed by atoms with Gasteiger partial charge < -0.3 is 0 Å². The summed E-state index contributed by atoms with van der Waals surface area (Å²) in [4.78, 5) is 5.03. The Balaban J connectivity index is 1.29. The van der Waals surface area contributed by atoms with Crippen molar-refractivity contribution in [2.75, 3.05) is 26.2 Å². The Kier molecular flexibility index (Phi) is 4.97. The van der Waals surface area contributed by atoms with Crippen molar-refractivity contribution in [3.63, 3.8) is 0 Å². The third kappa shape index (κ3) is 4.18. The van der Waals surface area contributed by atoms with Gasteiger partial charge in [0.15, 0.2) is 0 Å². The first-order chi connectivity index (χ1) is 12.3. The van der Waals surface area contributed by atoms with Crippen molar-refractivity contribution in [3.05, 3.63) is 64.5 Å². The molecule has 130 valence electrons. The zero-order chi connectivity index (χ0) is 17.1. The maximum absolute atomic E-state index is 4.71. The molecular formula is C20H24N4S. The number of nitrogens with zero attached hydrogens (tertiary/aromatic N) is 4. The molecule has 1 saturated heterocycles. The van der Waals surface area contributed by atoms with E-state index in [-0.39, 0.29) is 0 Å². The van der Waals surface area contributed by atoms with Crippen LogP contribution in [0.15, 0.2) is 53.4 Å². The second-order valence-electron chi connectivity index (χ2n) is 6.78. The minimum absolute atomic E-state index is 0.877. The predicted molar refractivity (Wildman–Crippen MR) is 104 cm³/mol. The molecule has 5 heteroatoms. The Hall–Kier alpha value is -1.95. The summed E-state index contributed by atoms with van der Waals surface area (Å²) in [5.41, 5.74) is 5.04. The van der Waals surface area contributed by atoms with Crippen LogP contribution in [0.2, 0.25) is 0 Å². The molecule has 3 aromatic rings. The molecule has 1 fully saturated rings. The van der Waals surface area contributed by atoms with Crippen molar-refractivity contribution in [2.45, 2.75) is 20.1 Å². The summed E-state index contributed by atoms with van der Waals surface area (Å²) in [5.74, 6) is 0. The van der Waals surface area contributed by atoms with Gasteiger partial charge >= 0.3 is 0 Å². The Morgan fingerprint density at radius 2 is 1.88 bits per heavy atom. The average Bonchev–Trinajstić information content (AvgIpc) is 3.28. The van der Waals surface area contributed by atoms with Crippen molar-refractivity contribution >= 4 is 11.3 Å². The van der Waals surface area contributed by atoms with Gasteiger partial charge in [-0.05, 0) is 30.0 Å². The van der Waals surface area contributed by atoms with Gasteiger partial charge in [0.25, 0.3) is 0 Å². The van der Waals surface area contributed by atoms with Crippen LogP contribution in [0.3, 0.4) is 0 Å². The Bertz CT molecular complexity index is 801. The molecule has 0 saturated carbocycles. The zero-order valence-corrected chi connectivity index (χ0v) is 15.5. The summed E-state index contributed by atoms with van der Waals surface area (Å²) < 4.78 is 2.06. The predicted octanol–water partition coefficient (Wildman–Crippen LogP) is 3.70. The highest BCUT2D eigenvalue weighted by atomic mass is 32.1. The normalized spacial score (nSPS) is 16.4. The molecular weight excluding hydrogens is 328 g/mol. The highest BCUT2D eigenvalue weighted by Gasteiger charge is 2.17. The van der Waals surface area contributed by atoms with Gasteiger partial charge in [-0.25, -0.2) is 0 Å². The highest BCUT2D eigenvalue weighted by Crippen LogP contribution is 2.20. The Labute approximate surface area is 153 Å². The highest BCUT2D eigenvalue weighted by molar-refractivity contribution is 7.08. The maximum Gasteiger partial charge on any atom is 0.0932 e. The Morgan fingerprint density at radius 1 is 1.04 bits per heavy atom. The first kappa shape index (κ1) is 16.5. The quantitative estimate of drug-likeness (QED) is 0.700. The third-order valence-corrected chi connectivity index (χ3v) is 5.44. The van der Waals surface area contributed by atoms with E-state index in [4.69, 9.17) is 5.10 Å². The van der Waals surface area contributed by atoms with Crippen LogP contribution in [-0.4, -0.2) is 45.8 Å². The monoisotopic (exact) mass is 352 g/mol. The third-order valence-electron chi connectivity index (χ3n) is 4.76. The van der Waals surface area contributed by atoms with Crippen LogP contribution in [0.4, 0.5) is 0 Å². The zero-order valence-electron chi connectivity index (χ0n) is 14.6. The van der Waals surface area contributed by atoms with Gasteiger partial charge in [-0.2, -0.15) is 16.4 Å². The molecule has 2 aromatic heterocycles. The van der Waals surface area contributed by atoms with Gasteiger partial charge in [0.2, 0.25) is 0 Å². The van der Waals surface area contributed by atoms with Crippen molar-refractivity contribution in [1.29, 1.82) is 0 Å². The molecule has 0 radical (unpaired) electrons. The summed E-state index contributed by atoms with van der Waals surface area (Å²) in [6, 6.07) is 13.1. The lowest BCUT2D eigenvalue weighted by molar-refractivity contribution is 0.0988. The second kappa shape index (κ2) is 7.52. The van der Waals surface area contributed by atoms with Gasteiger partial charge in [-0.1, -0.05) is 29.8 Å². The van der Waals surface area contributed by atoms with Crippen molar-refractivity contribution in [1.82, 2.24) is 19.6 Å². The molecule has 1 aliphatic rings. The number of aryl methyl sites for hydroxylation is 1. The molecule has 25 heavy (non-hydrogen) atoms. The molecule has 0 spiro atoms. The fourth-order valence-corrected chi connectivity index (χ4v) is 4.02. The summed E-state index contributed by atoms with van der Waals surface area (Å²) in [7, 11) is 0. The van der Waals surface area contributed by atoms with E-state index in [0.717, 1.165) is 45.1 Å². The van der Waals surface area contributed by atoms with E-state index in [1.165, 1.54) is 16.7 Å². The summed E-state index contributed by atoms with van der Waals surface area (Å²) >= 11 is 1.72. The van der Waals surface area contributed by atoms with Gasteiger partial charge in [0.1, 0.15) is 0 Å². The van der Waals surface area contributed by atoms with Crippen LogP contribution in [-0.2, 0) is 13.2 Å². The van der Waals surface area contributed by atoms with E-state index in [0.29, 0.717) is 0 Å². The summed E-state index contributed by atoms with van der Waals surface area (Å²) in [6.07, 6.45) is 2.09. The minimum atomic E-state index is 0.877. The van der Waals surface area contributed by atoms with E-state index in [2.05, 4.69) is 74.8 Å². The number of hydrogen-bond donors (Lipinski definition) is 0. The Morgan fingerprint density at radius 3 is 2.64 bits per heavy atom. The molecule has 1 aromatic carbocycles. The number of aromatic nitrogens is 2. The van der Waals surface area contributed by atoms with Crippen LogP contribution in [0, 0.1) is 6.92 Å². The van der Waals surface area contributed by atoms with Crippen LogP contribution in [0.1, 0.15) is 11.1 Å². The summed E-state index contributed by atoms with van der Waals surface area (Å²) in [6.45, 7) is 8.52. The SMILES string of the molecule is Cc1cccc(CN2CCN(Cn3ccc(-c4ccsc4)n3)CC2)c1. The number of hydrogen-bond acceptors (Lipinski definition) is 4. The van der Waals surface area contributed by atoms with Crippen molar-refractivity contribution in [3.8, 4) is 11.3 Å². The molecule has 0 atom stereocenters. The van der Waals surface area contributed by atoms with Gasteiger partial charge in [0, 0.05) is 49.9 Å². The fourth-order valence-electron chi connectivity index (χ4n) is 3.37. The first-order valence-corrected chi connectivity index (χ1v) is 9.77. The lowest BCUT2D eigenvalue weighted by atomic mass is 10.1. The topological polar surface area (TPSA) is 24.3 Å². The molecule has 4 rings (SSSR count). The van der Waals surface area contributed by atoms with Crippen LogP contribution in [0.25, 0.3) is 11.3 Å². The van der Waals surface area contributed by atoms with E-state index in [9.17, 15) is 0 Å². The van der Waals surface area contributed by atoms with Crippen LogP contribution >= 0.6 is 11.3 Å². The molecule has 4 nitrogen and oxygen atoms in total. The number of piperazine rings is 1.